The third kappa shape index (κ3) is 5.75. The van der Waals surface area contributed by atoms with Crippen molar-refractivity contribution in [2.75, 3.05) is 26.8 Å². The van der Waals surface area contributed by atoms with E-state index in [0.29, 0.717) is 37.6 Å². The number of ether oxygens (including phenoxy) is 2. The van der Waals surface area contributed by atoms with Gasteiger partial charge in [-0.15, -0.1) is 12.4 Å². The van der Waals surface area contributed by atoms with E-state index in [9.17, 15) is 4.79 Å². The van der Waals surface area contributed by atoms with Crippen molar-refractivity contribution in [3.8, 4) is 11.5 Å². The van der Waals surface area contributed by atoms with Gasteiger partial charge in [-0.1, -0.05) is 12.1 Å². The van der Waals surface area contributed by atoms with Crippen molar-refractivity contribution in [1.82, 2.24) is 5.32 Å². The van der Waals surface area contributed by atoms with E-state index in [2.05, 4.69) is 5.32 Å². The second-order valence-electron chi connectivity index (χ2n) is 3.39. The van der Waals surface area contributed by atoms with Gasteiger partial charge in [0.25, 0.3) is 0 Å². The lowest BCUT2D eigenvalue weighted by atomic mass is 10.3. The van der Waals surface area contributed by atoms with Gasteiger partial charge in [-0.25, -0.2) is 0 Å². The van der Waals surface area contributed by atoms with E-state index in [4.69, 9.17) is 15.2 Å². The van der Waals surface area contributed by atoms with Crippen LogP contribution >= 0.6 is 12.4 Å². The second kappa shape index (κ2) is 9.56. The number of carbonyl (C=O) groups excluding carboxylic acids is 1. The van der Waals surface area contributed by atoms with Crippen LogP contribution in [-0.4, -0.2) is 32.7 Å². The monoisotopic (exact) mass is 274 g/mol. The molecule has 0 radical (unpaired) electrons. The Morgan fingerprint density at radius 1 is 1.33 bits per heavy atom. The number of carbonyl (C=O) groups is 1. The Kier molecular flexibility index (Phi) is 8.78. The molecule has 0 atom stereocenters. The van der Waals surface area contributed by atoms with E-state index in [1.54, 1.807) is 13.2 Å². The fourth-order valence-electron chi connectivity index (χ4n) is 1.29. The number of hydrogen-bond acceptors (Lipinski definition) is 4. The average Bonchev–Trinajstić information content (AvgIpc) is 2.37. The highest BCUT2D eigenvalue weighted by molar-refractivity contribution is 5.85. The molecule has 5 nitrogen and oxygen atoms in total. The predicted molar refractivity (Wildman–Crippen MR) is 72.4 cm³/mol. The van der Waals surface area contributed by atoms with Crippen LogP contribution in [-0.2, 0) is 4.79 Å². The van der Waals surface area contributed by atoms with E-state index in [0.717, 1.165) is 0 Å². The zero-order valence-electron chi connectivity index (χ0n) is 10.3. The standard InChI is InChI=1S/C12H18N2O3.ClH/c1-16-10-4-2-3-5-11(10)17-9-6-12(15)14-8-7-13;/h2-5H,6-9,13H2,1H3,(H,14,15);1H. The summed E-state index contributed by atoms with van der Waals surface area (Å²) in [6.07, 6.45) is 0.304. The maximum Gasteiger partial charge on any atom is 0.223 e. The van der Waals surface area contributed by atoms with Gasteiger partial charge in [-0.05, 0) is 12.1 Å². The minimum Gasteiger partial charge on any atom is -0.493 e. The van der Waals surface area contributed by atoms with Gasteiger partial charge in [0.05, 0.1) is 20.1 Å². The van der Waals surface area contributed by atoms with E-state index in [-0.39, 0.29) is 18.3 Å². The van der Waals surface area contributed by atoms with Crippen LogP contribution in [0.2, 0.25) is 0 Å². The zero-order valence-corrected chi connectivity index (χ0v) is 11.2. The van der Waals surface area contributed by atoms with Crippen LogP contribution in [0.3, 0.4) is 0 Å². The number of nitrogens with two attached hydrogens (primary N) is 1. The summed E-state index contributed by atoms with van der Waals surface area (Å²) in [5, 5.41) is 2.67. The van der Waals surface area contributed by atoms with Gasteiger partial charge in [0, 0.05) is 13.1 Å². The number of rotatable bonds is 7. The number of benzene rings is 1. The van der Waals surface area contributed by atoms with Crippen LogP contribution in [0.5, 0.6) is 11.5 Å². The molecule has 1 aromatic rings. The molecule has 0 spiro atoms. The van der Waals surface area contributed by atoms with Crippen LogP contribution in [0, 0.1) is 0 Å². The molecule has 102 valence electrons. The molecule has 0 bridgehead atoms. The molecule has 0 aliphatic rings. The highest BCUT2D eigenvalue weighted by Crippen LogP contribution is 2.25. The van der Waals surface area contributed by atoms with Crippen molar-refractivity contribution >= 4 is 18.3 Å². The fraction of sp³-hybridized carbons (Fsp3) is 0.417. The molecule has 18 heavy (non-hydrogen) atoms. The number of methoxy groups -OCH3 is 1. The Morgan fingerprint density at radius 3 is 2.61 bits per heavy atom. The molecule has 0 unspecified atom stereocenters. The summed E-state index contributed by atoms with van der Waals surface area (Å²) in [4.78, 5) is 11.3. The molecule has 6 heteroatoms. The van der Waals surface area contributed by atoms with Crippen LogP contribution in [0.25, 0.3) is 0 Å². The largest absolute Gasteiger partial charge is 0.493 e. The van der Waals surface area contributed by atoms with Gasteiger partial charge in [-0.2, -0.15) is 0 Å². The molecule has 0 aromatic heterocycles. The van der Waals surface area contributed by atoms with Crippen molar-refractivity contribution < 1.29 is 14.3 Å². The number of hydrogen-bond donors (Lipinski definition) is 2. The van der Waals surface area contributed by atoms with Crippen LogP contribution in [0.15, 0.2) is 24.3 Å². The number of para-hydroxylation sites is 2. The first-order valence-electron chi connectivity index (χ1n) is 5.50. The normalized spacial score (nSPS) is 9.22. The first-order valence-corrected chi connectivity index (χ1v) is 5.50. The van der Waals surface area contributed by atoms with E-state index < -0.39 is 0 Å². The van der Waals surface area contributed by atoms with Crippen molar-refractivity contribution in [2.45, 2.75) is 6.42 Å². The molecule has 0 aliphatic carbocycles. The Hall–Kier alpha value is -1.46. The van der Waals surface area contributed by atoms with Crippen LogP contribution < -0.4 is 20.5 Å². The van der Waals surface area contributed by atoms with Crippen molar-refractivity contribution in [3.05, 3.63) is 24.3 Å². The average molecular weight is 275 g/mol. The van der Waals surface area contributed by atoms with E-state index >= 15 is 0 Å². The van der Waals surface area contributed by atoms with Gasteiger partial charge in [0.2, 0.25) is 5.91 Å². The van der Waals surface area contributed by atoms with Gasteiger partial charge in [0.1, 0.15) is 0 Å². The highest BCUT2D eigenvalue weighted by atomic mass is 35.5. The van der Waals surface area contributed by atoms with E-state index in [1.165, 1.54) is 0 Å². The van der Waals surface area contributed by atoms with Crippen LogP contribution in [0.4, 0.5) is 0 Å². The summed E-state index contributed by atoms with van der Waals surface area (Å²) >= 11 is 0. The minimum atomic E-state index is -0.0645. The summed E-state index contributed by atoms with van der Waals surface area (Å²) < 4.78 is 10.6. The molecule has 1 rings (SSSR count). The molecule has 0 aliphatic heterocycles. The first kappa shape index (κ1) is 16.5. The third-order valence-corrected chi connectivity index (χ3v) is 2.12. The smallest absolute Gasteiger partial charge is 0.223 e. The predicted octanol–water partition coefficient (Wildman–Crippen LogP) is 0.961. The molecule has 0 fully saturated rings. The summed E-state index contributed by atoms with van der Waals surface area (Å²) in [5.41, 5.74) is 5.27. The van der Waals surface area contributed by atoms with E-state index in [1.807, 2.05) is 18.2 Å². The summed E-state index contributed by atoms with van der Waals surface area (Å²) in [6, 6.07) is 7.33. The Labute approximate surface area is 113 Å². The van der Waals surface area contributed by atoms with Crippen molar-refractivity contribution in [3.63, 3.8) is 0 Å². The summed E-state index contributed by atoms with van der Waals surface area (Å²) in [5.74, 6) is 1.24. The van der Waals surface area contributed by atoms with Gasteiger partial charge < -0.3 is 20.5 Å². The Morgan fingerprint density at radius 2 is 2.00 bits per heavy atom. The van der Waals surface area contributed by atoms with Gasteiger partial charge >= 0.3 is 0 Å². The lowest BCUT2D eigenvalue weighted by Gasteiger charge is -2.10. The number of halogens is 1. The lowest BCUT2D eigenvalue weighted by molar-refractivity contribution is -0.121. The molecule has 0 heterocycles. The Bertz CT molecular complexity index is 361. The maximum atomic E-state index is 11.3. The molecular formula is C12H19ClN2O3. The SMILES string of the molecule is COc1ccccc1OCCC(=O)NCCN.Cl. The van der Waals surface area contributed by atoms with Crippen LogP contribution in [0.1, 0.15) is 6.42 Å². The van der Waals surface area contributed by atoms with Crippen molar-refractivity contribution in [2.24, 2.45) is 5.73 Å². The maximum absolute atomic E-state index is 11.3. The lowest BCUT2D eigenvalue weighted by Crippen LogP contribution is -2.29. The number of nitrogens with one attached hydrogen (secondary N) is 1. The molecule has 0 saturated heterocycles. The molecule has 1 amide bonds. The topological polar surface area (TPSA) is 73.6 Å². The fourth-order valence-corrected chi connectivity index (χ4v) is 1.29. The molecule has 0 saturated carbocycles. The van der Waals surface area contributed by atoms with Gasteiger partial charge in [-0.3, -0.25) is 4.79 Å². The van der Waals surface area contributed by atoms with Crippen molar-refractivity contribution in [1.29, 1.82) is 0 Å². The molecule has 1 aromatic carbocycles. The zero-order chi connectivity index (χ0) is 12.5. The molecular weight excluding hydrogens is 256 g/mol. The third-order valence-electron chi connectivity index (χ3n) is 2.12. The number of amides is 1. The second-order valence-corrected chi connectivity index (χ2v) is 3.39. The molecule has 3 N–H and O–H groups in total. The van der Waals surface area contributed by atoms with Gasteiger partial charge in [0.15, 0.2) is 11.5 Å². The first-order chi connectivity index (χ1) is 8.27. The highest BCUT2D eigenvalue weighted by Gasteiger charge is 2.04. The summed E-state index contributed by atoms with van der Waals surface area (Å²) in [7, 11) is 1.58. The quantitative estimate of drug-likeness (QED) is 0.777. The summed E-state index contributed by atoms with van der Waals surface area (Å²) in [6.45, 7) is 1.25. The minimum absolute atomic E-state index is 0. The Balaban J connectivity index is 0.00000289.